The summed E-state index contributed by atoms with van der Waals surface area (Å²) < 4.78 is 0. The van der Waals surface area contributed by atoms with Crippen LogP contribution in [0.2, 0.25) is 0 Å². The molecule has 0 radical (unpaired) electrons. The van der Waals surface area contributed by atoms with Crippen molar-refractivity contribution >= 4 is 17.0 Å². The van der Waals surface area contributed by atoms with Gasteiger partial charge >= 0.3 is 0 Å². The molecule has 3 N–H and O–H groups in total. The monoisotopic (exact) mass is 296 g/mol. The molecule has 6 heteroatoms. The van der Waals surface area contributed by atoms with E-state index in [-0.39, 0.29) is 5.56 Å². The molecule has 0 unspecified atom stereocenters. The van der Waals surface area contributed by atoms with Crippen molar-refractivity contribution in [2.45, 2.75) is 6.54 Å². The van der Waals surface area contributed by atoms with E-state index in [4.69, 9.17) is 5.26 Å². The van der Waals surface area contributed by atoms with Crippen LogP contribution in [-0.4, -0.2) is 10.2 Å². The van der Waals surface area contributed by atoms with Crippen LogP contribution in [0, 0.1) is 11.3 Å². The van der Waals surface area contributed by atoms with Gasteiger partial charge in [-0.15, -0.1) is 11.3 Å². The third-order valence-electron chi connectivity index (χ3n) is 3.04. The molecule has 0 aliphatic heterocycles. The smallest absolute Gasteiger partial charge is 0.264 e. The summed E-state index contributed by atoms with van der Waals surface area (Å²) in [5.41, 5.74) is 3.26. The Morgan fingerprint density at radius 3 is 2.62 bits per heavy atom. The van der Waals surface area contributed by atoms with Crippen LogP contribution < -0.4 is 10.9 Å². The molecule has 2 aromatic heterocycles. The number of aromatic nitrogens is 2. The number of rotatable bonds is 4. The largest absolute Gasteiger partial charge is 0.380 e. The highest BCUT2D eigenvalue weighted by Gasteiger charge is 2.02. The minimum atomic E-state index is -0.141. The van der Waals surface area contributed by atoms with E-state index in [1.54, 1.807) is 11.3 Å². The topological polar surface area (TPSA) is 84.5 Å². The Labute approximate surface area is 124 Å². The predicted molar refractivity (Wildman–Crippen MR) is 83.2 cm³/mol. The maximum absolute atomic E-state index is 11.1. The Morgan fingerprint density at radius 2 is 2.00 bits per heavy atom. The van der Waals surface area contributed by atoms with Gasteiger partial charge in [0.25, 0.3) is 5.56 Å². The lowest BCUT2D eigenvalue weighted by Crippen LogP contribution is -1.97. The molecule has 0 spiro atoms. The highest BCUT2D eigenvalue weighted by atomic mass is 32.1. The summed E-state index contributed by atoms with van der Waals surface area (Å²) in [6.45, 7) is 0.687. The summed E-state index contributed by atoms with van der Waals surface area (Å²) in [6, 6.07) is 13.3. The molecule has 1 aromatic carbocycles. The zero-order chi connectivity index (χ0) is 14.7. The Morgan fingerprint density at radius 1 is 1.19 bits per heavy atom. The first-order valence-electron chi connectivity index (χ1n) is 6.34. The maximum Gasteiger partial charge on any atom is 0.264 e. The van der Waals surface area contributed by atoms with Crippen LogP contribution in [0.1, 0.15) is 10.4 Å². The predicted octanol–water partition coefficient (Wildman–Crippen LogP) is 2.92. The lowest BCUT2D eigenvalue weighted by molar-refractivity contribution is 1.06. The van der Waals surface area contributed by atoms with Gasteiger partial charge < -0.3 is 5.32 Å². The van der Waals surface area contributed by atoms with E-state index >= 15 is 0 Å². The van der Waals surface area contributed by atoms with E-state index < -0.39 is 0 Å². The highest BCUT2D eigenvalue weighted by molar-refractivity contribution is 7.10. The second-order valence-corrected chi connectivity index (χ2v) is 5.51. The number of nitriles is 1. The minimum Gasteiger partial charge on any atom is -0.380 e. The molecule has 0 bridgehead atoms. The average molecular weight is 296 g/mol. The molecule has 3 rings (SSSR count). The number of H-pyrrole nitrogens is 2. The van der Waals surface area contributed by atoms with E-state index in [9.17, 15) is 4.79 Å². The Hall–Kier alpha value is -2.78. The Bertz CT molecular complexity index is 835. The number of aromatic amines is 2. The molecule has 0 saturated heterocycles. The molecular weight excluding hydrogens is 284 g/mol. The minimum absolute atomic E-state index is 0.141. The molecular formula is C15H12N4OS. The van der Waals surface area contributed by atoms with E-state index in [1.165, 1.54) is 6.07 Å². The molecule has 104 valence electrons. The zero-order valence-corrected chi connectivity index (χ0v) is 11.8. The van der Waals surface area contributed by atoms with Crippen molar-refractivity contribution in [3.05, 3.63) is 62.6 Å². The van der Waals surface area contributed by atoms with Crippen LogP contribution in [0.3, 0.4) is 0 Å². The Balaban J connectivity index is 1.67. The first-order valence-corrected chi connectivity index (χ1v) is 7.22. The normalized spacial score (nSPS) is 10.2. The molecule has 0 atom stereocenters. The molecule has 0 saturated carbocycles. The van der Waals surface area contributed by atoms with Crippen molar-refractivity contribution in [1.82, 2.24) is 10.2 Å². The summed E-state index contributed by atoms with van der Waals surface area (Å²) in [5.74, 6) is 0. The first kappa shape index (κ1) is 13.2. The molecule has 3 aromatic rings. The molecule has 2 heterocycles. The van der Waals surface area contributed by atoms with Crippen molar-refractivity contribution in [2.24, 2.45) is 0 Å². The van der Waals surface area contributed by atoms with Gasteiger partial charge in [0.15, 0.2) is 0 Å². The fourth-order valence-corrected chi connectivity index (χ4v) is 2.73. The van der Waals surface area contributed by atoms with Crippen molar-refractivity contribution < 1.29 is 0 Å². The first-order chi connectivity index (χ1) is 10.2. The van der Waals surface area contributed by atoms with Crippen LogP contribution in [0.4, 0.5) is 5.69 Å². The van der Waals surface area contributed by atoms with Crippen molar-refractivity contribution in [3.8, 4) is 17.3 Å². The van der Waals surface area contributed by atoms with Crippen molar-refractivity contribution in [2.75, 3.05) is 5.32 Å². The van der Waals surface area contributed by atoms with Crippen LogP contribution in [0.5, 0.6) is 0 Å². The van der Waals surface area contributed by atoms with Gasteiger partial charge in [0, 0.05) is 28.6 Å². The van der Waals surface area contributed by atoms with Crippen LogP contribution in [0.25, 0.3) is 11.3 Å². The highest BCUT2D eigenvalue weighted by Crippen LogP contribution is 2.20. The van der Waals surface area contributed by atoms with Gasteiger partial charge in [-0.05, 0) is 23.8 Å². The third-order valence-corrected chi connectivity index (χ3v) is 3.98. The summed E-state index contributed by atoms with van der Waals surface area (Å²) in [5, 5.41) is 19.3. The Kier molecular flexibility index (Phi) is 3.58. The molecule has 0 aliphatic rings. The van der Waals surface area contributed by atoms with E-state index in [2.05, 4.69) is 21.6 Å². The third kappa shape index (κ3) is 3.04. The molecule has 0 amide bonds. The molecule has 5 nitrogen and oxygen atoms in total. The summed E-state index contributed by atoms with van der Waals surface area (Å²) in [7, 11) is 0. The second kappa shape index (κ2) is 5.69. The van der Waals surface area contributed by atoms with Crippen LogP contribution >= 0.6 is 11.3 Å². The van der Waals surface area contributed by atoms with Gasteiger partial charge in [-0.1, -0.05) is 12.1 Å². The van der Waals surface area contributed by atoms with Gasteiger partial charge in [0.2, 0.25) is 0 Å². The fourth-order valence-electron chi connectivity index (χ4n) is 1.98. The standard InChI is InChI=1S/C15H12N4OS/c16-7-10-5-13(21-9-10)8-17-12-3-1-11(2-4-12)14-6-15(20)19-18-14/h1-6,9,17H,8H2,(H2,18,19,20). The van der Waals surface area contributed by atoms with Crippen molar-refractivity contribution in [3.63, 3.8) is 0 Å². The number of hydrogen-bond acceptors (Lipinski definition) is 4. The van der Waals surface area contributed by atoms with Gasteiger partial charge in [0.05, 0.1) is 11.3 Å². The quantitative estimate of drug-likeness (QED) is 0.692. The average Bonchev–Trinajstić information content (AvgIpc) is 3.14. The van der Waals surface area contributed by atoms with Crippen molar-refractivity contribution in [1.29, 1.82) is 5.26 Å². The molecule has 21 heavy (non-hydrogen) atoms. The zero-order valence-electron chi connectivity index (χ0n) is 11.0. The summed E-state index contributed by atoms with van der Waals surface area (Å²) in [6.07, 6.45) is 0. The van der Waals surface area contributed by atoms with Gasteiger partial charge in [0.1, 0.15) is 6.07 Å². The molecule has 0 fully saturated rings. The van der Waals surface area contributed by atoms with Gasteiger partial charge in [-0.2, -0.15) is 5.26 Å². The van der Waals surface area contributed by atoms with Crippen LogP contribution in [-0.2, 0) is 6.54 Å². The number of anilines is 1. The number of hydrogen-bond donors (Lipinski definition) is 3. The van der Waals surface area contributed by atoms with E-state index in [0.29, 0.717) is 12.1 Å². The second-order valence-electron chi connectivity index (χ2n) is 4.52. The number of benzene rings is 1. The lowest BCUT2D eigenvalue weighted by Gasteiger charge is -2.05. The maximum atomic E-state index is 11.1. The fraction of sp³-hybridized carbons (Fsp3) is 0.0667. The van der Waals surface area contributed by atoms with Crippen LogP contribution in [0.15, 0.2) is 46.6 Å². The summed E-state index contributed by atoms with van der Waals surface area (Å²) in [4.78, 5) is 12.2. The van der Waals surface area contributed by atoms with Gasteiger partial charge in [-0.25, -0.2) is 0 Å². The number of thiophene rings is 1. The lowest BCUT2D eigenvalue weighted by atomic mass is 10.1. The van der Waals surface area contributed by atoms with E-state index in [0.717, 1.165) is 21.8 Å². The van der Waals surface area contributed by atoms with E-state index in [1.807, 2.05) is 35.7 Å². The molecule has 0 aliphatic carbocycles. The number of nitrogens with zero attached hydrogens (tertiary/aromatic N) is 1. The summed E-state index contributed by atoms with van der Waals surface area (Å²) >= 11 is 1.57. The number of nitrogens with one attached hydrogen (secondary N) is 3. The SMILES string of the molecule is N#Cc1csc(CNc2ccc(-c3cc(=O)[nH][nH]3)cc2)c1. The van der Waals surface area contributed by atoms with Gasteiger partial charge in [-0.3, -0.25) is 15.0 Å².